The van der Waals surface area contributed by atoms with Crippen molar-refractivity contribution in [3.8, 4) is 0 Å². The van der Waals surface area contributed by atoms with Gasteiger partial charge in [-0.3, -0.25) is 19.4 Å². The number of fused-ring (bicyclic) bond motifs is 1. The van der Waals surface area contributed by atoms with Crippen LogP contribution < -0.4 is 15.6 Å². The zero-order valence-electron chi connectivity index (χ0n) is 16.8. The molecule has 30 heavy (non-hydrogen) atoms. The van der Waals surface area contributed by atoms with E-state index >= 15 is 0 Å². The fraction of sp³-hybridized carbons (Fsp3) is 0.286. The van der Waals surface area contributed by atoms with E-state index in [0.717, 1.165) is 22.6 Å². The molecule has 0 radical (unpaired) electrons. The summed E-state index contributed by atoms with van der Waals surface area (Å²) in [5.74, 6) is -3.34. The van der Waals surface area contributed by atoms with Gasteiger partial charge in [0.05, 0.1) is 5.69 Å². The highest BCUT2D eigenvalue weighted by Gasteiger charge is 2.33. The lowest BCUT2D eigenvalue weighted by Gasteiger charge is -2.29. The summed E-state index contributed by atoms with van der Waals surface area (Å²) in [5, 5.41) is 3.97. The average molecular weight is 416 g/mol. The van der Waals surface area contributed by atoms with Crippen LogP contribution in [0.2, 0.25) is 0 Å². The topological polar surface area (TPSA) is 81.8 Å². The van der Waals surface area contributed by atoms with Gasteiger partial charge < -0.3 is 10.2 Å². The largest absolute Gasteiger partial charge is 0.339 e. The van der Waals surface area contributed by atoms with Crippen molar-refractivity contribution < 1.29 is 23.2 Å². The van der Waals surface area contributed by atoms with Crippen LogP contribution in [0.15, 0.2) is 42.5 Å². The summed E-state index contributed by atoms with van der Waals surface area (Å²) in [4.78, 5) is 39.0. The highest BCUT2D eigenvalue weighted by Crippen LogP contribution is 2.25. The number of anilines is 1. The van der Waals surface area contributed by atoms with Crippen molar-refractivity contribution in [2.45, 2.75) is 32.5 Å². The minimum absolute atomic E-state index is 0.0889. The van der Waals surface area contributed by atoms with E-state index in [1.165, 1.54) is 18.9 Å². The minimum Gasteiger partial charge on any atom is -0.339 e. The zero-order valence-corrected chi connectivity index (χ0v) is 16.8. The van der Waals surface area contributed by atoms with Gasteiger partial charge in [-0.2, -0.15) is 0 Å². The van der Waals surface area contributed by atoms with Gasteiger partial charge in [-0.15, -0.1) is 0 Å². The number of carbonyl (C=O) groups excluding carboxylic acids is 3. The molecule has 9 heteroatoms. The Bertz CT molecular complexity index is 978. The monoisotopic (exact) mass is 416 g/mol. The van der Waals surface area contributed by atoms with E-state index in [-0.39, 0.29) is 11.6 Å². The smallest absolute Gasteiger partial charge is 0.263 e. The first kappa shape index (κ1) is 21.4. The van der Waals surface area contributed by atoms with Crippen LogP contribution in [0, 0.1) is 11.6 Å². The molecule has 0 unspecified atom stereocenters. The molecule has 0 bridgehead atoms. The molecule has 0 aromatic heterocycles. The lowest BCUT2D eigenvalue weighted by Crippen LogP contribution is -2.51. The number of nitrogens with one attached hydrogen (secondary N) is 2. The van der Waals surface area contributed by atoms with Gasteiger partial charge in [0.1, 0.15) is 23.7 Å². The van der Waals surface area contributed by atoms with Gasteiger partial charge in [0, 0.05) is 26.6 Å². The van der Waals surface area contributed by atoms with Crippen molar-refractivity contribution in [2.75, 3.05) is 11.9 Å². The number of hydrazine groups is 1. The van der Waals surface area contributed by atoms with Gasteiger partial charge in [0.15, 0.2) is 0 Å². The summed E-state index contributed by atoms with van der Waals surface area (Å²) in [6.45, 7) is 3.02. The maximum atomic E-state index is 13.7. The van der Waals surface area contributed by atoms with Crippen LogP contribution in [0.1, 0.15) is 31.0 Å². The van der Waals surface area contributed by atoms with E-state index < -0.39 is 35.5 Å². The fourth-order valence-electron chi connectivity index (χ4n) is 3.46. The van der Waals surface area contributed by atoms with Crippen LogP contribution >= 0.6 is 0 Å². The predicted octanol–water partition coefficient (Wildman–Crippen LogP) is 2.04. The number of hydrogen-bond acceptors (Lipinski definition) is 4. The summed E-state index contributed by atoms with van der Waals surface area (Å²) < 4.78 is 27.3. The third-order valence-electron chi connectivity index (χ3n) is 4.97. The fourth-order valence-corrected chi connectivity index (χ4v) is 3.46. The maximum absolute atomic E-state index is 13.7. The molecule has 0 saturated heterocycles. The predicted molar refractivity (Wildman–Crippen MR) is 106 cm³/mol. The van der Waals surface area contributed by atoms with Crippen LogP contribution in [0.3, 0.4) is 0 Å². The van der Waals surface area contributed by atoms with E-state index in [4.69, 9.17) is 0 Å². The van der Waals surface area contributed by atoms with Crippen LogP contribution in [-0.4, -0.2) is 35.8 Å². The van der Waals surface area contributed by atoms with Crippen LogP contribution in [0.25, 0.3) is 0 Å². The number of hydrogen-bond donors (Lipinski definition) is 2. The van der Waals surface area contributed by atoms with E-state index in [1.54, 1.807) is 19.2 Å². The normalized spacial score (nSPS) is 17.0. The SMILES string of the molecule is CC(=O)N(c1cc(F)cc(F)c1)[C@@H](C)C(=O)N[C@H]1C(=O)N(C)NCc2ccccc21. The van der Waals surface area contributed by atoms with Crippen molar-refractivity contribution in [1.29, 1.82) is 0 Å². The Labute approximate surface area is 172 Å². The van der Waals surface area contributed by atoms with Gasteiger partial charge >= 0.3 is 0 Å². The number of halogens is 2. The highest BCUT2D eigenvalue weighted by atomic mass is 19.1. The first-order valence-electron chi connectivity index (χ1n) is 9.34. The highest BCUT2D eigenvalue weighted by molar-refractivity contribution is 6.00. The van der Waals surface area contributed by atoms with Gasteiger partial charge in [-0.05, 0) is 30.2 Å². The molecule has 2 aromatic carbocycles. The third-order valence-corrected chi connectivity index (χ3v) is 4.97. The first-order chi connectivity index (χ1) is 14.2. The molecular weight excluding hydrogens is 394 g/mol. The number of nitrogens with zero attached hydrogens (tertiary/aromatic N) is 2. The Balaban J connectivity index is 1.91. The van der Waals surface area contributed by atoms with Crippen LogP contribution in [-0.2, 0) is 20.9 Å². The molecule has 0 fully saturated rings. The Morgan fingerprint density at radius 1 is 1.20 bits per heavy atom. The van der Waals surface area contributed by atoms with Crippen molar-refractivity contribution in [2.24, 2.45) is 0 Å². The summed E-state index contributed by atoms with van der Waals surface area (Å²) in [6, 6.07) is 7.69. The average Bonchev–Trinajstić information content (AvgIpc) is 2.79. The van der Waals surface area contributed by atoms with E-state index in [9.17, 15) is 23.2 Å². The summed E-state index contributed by atoms with van der Waals surface area (Å²) in [6.07, 6.45) is 0. The molecule has 1 aliphatic rings. The number of amides is 3. The number of benzene rings is 2. The summed E-state index contributed by atoms with van der Waals surface area (Å²) >= 11 is 0. The molecule has 158 valence electrons. The quantitative estimate of drug-likeness (QED) is 0.799. The van der Waals surface area contributed by atoms with Crippen molar-refractivity contribution in [3.05, 3.63) is 65.2 Å². The van der Waals surface area contributed by atoms with Gasteiger partial charge in [-0.1, -0.05) is 24.3 Å². The van der Waals surface area contributed by atoms with Gasteiger partial charge in [-0.25, -0.2) is 14.2 Å². The summed E-state index contributed by atoms with van der Waals surface area (Å²) in [5.41, 5.74) is 4.33. The Hall–Kier alpha value is -3.33. The molecule has 1 aliphatic heterocycles. The number of rotatable bonds is 4. The van der Waals surface area contributed by atoms with E-state index in [2.05, 4.69) is 10.7 Å². The minimum atomic E-state index is -1.12. The lowest BCUT2D eigenvalue weighted by atomic mass is 9.99. The Kier molecular flexibility index (Phi) is 6.12. The second kappa shape index (κ2) is 8.58. The molecule has 2 aromatic rings. The molecule has 0 saturated carbocycles. The van der Waals surface area contributed by atoms with Crippen molar-refractivity contribution >= 4 is 23.4 Å². The number of likely N-dealkylation sites (N-methyl/N-ethyl adjacent to an activating group) is 1. The van der Waals surface area contributed by atoms with Gasteiger partial charge in [0.2, 0.25) is 11.8 Å². The molecular formula is C21H22F2N4O3. The molecule has 2 atom stereocenters. The maximum Gasteiger partial charge on any atom is 0.263 e. The molecule has 2 N–H and O–H groups in total. The second-order valence-corrected chi connectivity index (χ2v) is 7.07. The van der Waals surface area contributed by atoms with Crippen molar-refractivity contribution in [1.82, 2.24) is 15.8 Å². The molecule has 7 nitrogen and oxygen atoms in total. The Morgan fingerprint density at radius 2 is 1.83 bits per heavy atom. The standard InChI is InChI=1S/C21H22F2N4O3/c1-12(27(13(2)28)17-9-15(22)8-16(23)10-17)20(29)25-19-18-7-5-4-6-14(18)11-24-26(3)21(19)30/h4-10,12,19,24H,11H2,1-3H3,(H,25,29)/t12-,19+/m0/s1. The van der Waals surface area contributed by atoms with Crippen LogP contribution in [0.5, 0.6) is 0 Å². The zero-order chi connectivity index (χ0) is 22.0. The summed E-state index contributed by atoms with van der Waals surface area (Å²) in [7, 11) is 1.55. The molecule has 1 heterocycles. The molecule has 0 spiro atoms. The lowest BCUT2D eigenvalue weighted by molar-refractivity contribution is -0.138. The third kappa shape index (κ3) is 4.30. The molecule has 3 amide bonds. The second-order valence-electron chi connectivity index (χ2n) is 7.07. The van der Waals surface area contributed by atoms with Crippen LogP contribution in [0.4, 0.5) is 14.5 Å². The molecule has 3 rings (SSSR count). The van der Waals surface area contributed by atoms with E-state index in [1.807, 2.05) is 12.1 Å². The number of carbonyl (C=O) groups is 3. The first-order valence-corrected chi connectivity index (χ1v) is 9.34. The van der Waals surface area contributed by atoms with Gasteiger partial charge in [0.25, 0.3) is 5.91 Å². The Morgan fingerprint density at radius 3 is 2.47 bits per heavy atom. The molecule has 0 aliphatic carbocycles. The van der Waals surface area contributed by atoms with Crippen molar-refractivity contribution in [3.63, 3.8) is 0 Å². The van der Waals surface area contributed by atoms with E-state index in [0.29, 0.717) is 18.2 Å².